The molecule has 0 atom stereocenters. The summed E-state index contributed by atoms with van der Waals surface area (Å²) in [5, 5.41) is 0. The summed E-state index contributed by atoms with van der Waals surface area (Å²) >= 11 is 0. The van der Waals surface area contributed by atoms with Gasteiger partial charge in [0.05, 0.1) is 11.4 Å². The third-order valence-corrected chi connectivity index (χ3v) is 3.27. The van der Waals surface area contributed by atoms with Crippen LogP contribution in [0.2, 0.25) is 0 Å². The largest absolute Gasteiger partial charge is 0.397 e. The van der Waals surface area contributed by atoms with Gasteiger partial charge in [-0.2, -0.15) is 0 Å². The van der Waals surface area contributed by atoms with Gasteiger partial charge < -0.3 is 10.6 Å². The quantitative estimate of drug-likeness (QED) is 0.786. The minimum absolute atomic E-state index is 0.519. The highest BCUT2D eigenvalue weighted by Crippen LogP contribution is 2.34. The van der Waals surface area contributed by atoms with Gasteiger partial charge in [0.1, 0.15) is 0 Å². The monoisotopic (exact) mass is 218 g/mol. The van der Waals surface area contributed by atoms with E-state index >= 15 is 0 Å². The van der Waals surface area contributed by atoms with Gasteiger partial charge >= 0.3 is 0 Å². The molecule has 0 bridgehead atoms. The second-order valence-electron chi connectivity index (χ2n) is 5.25. The summed E-state index contributed by atoms with van der Waals surface area (Å²) in [6.07, 6.45) is 2.77. The first-order valence-electron chi connectivity index (χ1n) is 6.20. The summed E-state index contributed by atoms with van der Waals surface area (Å²) < 4.78 is 0. The van der Waals surface area contributed by atoms with E-state index < -0.39 is 0 Å². The van der Waals surface area contributed by atoms with Crippen LogP contribution in [0.1, 0.15) is 32.3 Å². The Kier molecular flexibility index (Phi) is 3.08. The zero-order valence-corrected chi connectivity index (χ0v) is 10.5. The summed E-state index contributed by atoms with van der Waals surface area (Å²) in [7, 11) is 0. The minimum atomic E-state index is 0.519. The molecule has 1 saturated carbocycles. The highest BCUT2D eigenvalue weighted by molar-refractivity contribution is 5.68. The lowest BCUT2D eigenvalue weighted by Gasteiger charge is -2.30. The molecular weight excluding hydrogens is 196 g/mol. The van der Waals surface area contributed by atoms with Crippen LogP contribution in [0.3, 0.4) is 0 Å². The molecule has 2 heteroatoms. The first-order valence-corrected chi connectivity index (χ1v) is 6.20. The molecule has 1 fully saturated rings. The molecular formula is C14H22N2. The van der Waals surface area contributed by atoms with Crippen LogP contribution in [-0.2, 0) is 0 Å². The number of hydrogen-bond donors (Lipinski definition) is 1. The van der Waals surface area contributed by atoms with E-state index in [9.17, 15) is 0 Å². The fourth-order valence-corrected chi connectivity index (χ4v) is 2.10. The van der Waals surface area contributed by atoms with Crippen LogP contribution < -0.4 is 10.6 Å². The summed E-state index contributed by atoms with van der Waals surface area (Å²) in [5.74, 6) is 0.892. The van der Waals surface area contributed by atoms with Crippen molar-refractivity contribution < 1.29 is 0 Å². The van der Waals surface area contributed by atoms with Crippen LogP contribution in [0.25, 0.3) is 0 Å². The molecule has 0 aliphatic heterocycles. The predicted octanol–water partition coefficient (Wildman–Crippen LogP) is 3.20. The van der Waals surface area contributed by atoms with Gasteiger partial charge in [0.25, 0.3) is 0 Å². The SMILES string of the molecule is Cc1ccc(N(CC2CC2)C(C)C)c(N)c1. The molecule has 0 unspecified atom stereocenters. The second kappa shape index (κ2) is 4.36. The van der Waals surface area contributed by atoms with Crippen LogP contribution in [-0.4, -0.2) is 12.6 Å². The lowest BCUT2D eigenvalue weighted by molar-refractivity contribution is 0.645. The maximum Gasteiger partial charge on any atom is 0.0602 e. The number of rotatable bonds is 4. The van der Waals surface area contributed by atoms with Gasteiger partial charge in [0.15, 0.2) is 0 Å². The van der Waals surface area contributed by atoms with Gasteiger partial charge in [0.2, 0.25) is 0 Å². The van der Waals surface area contributed by atoms with Gasteiger partial charge in [-0.05, 0) is 57.2 Å². The molecule has 0 radical (unpaired) electrons. The second-order valence-corrected chi connectivity index (χ2v) is 5.25. The third kappa shape index (κ3) is 2.49. The number of aryl methyl sites for hydroxylation is 1. The first kappa shape index (κ1) is 11.3. The summed E-state index contributed by atoms with van der Waals surface area (Å²) in [6, 6.07) is 6.89. The van der Waals surface area contributed by atoms with Crippen LogP contribution in [0.4, 0.5) is 11.4 Å². The molecule has 16 heavy (non-hydrogen) atoms. The fraction of sp³-hybridized carbons (Fsp3) is 0.571. The Balaban J connectivity index is 2.22. The summed E-state index contributed by atoms with van der Waals surface area (Å²) in [4.78, 5) is 2.44. The van der Waals surface area contributed by atoms with E-state index in [1.165, 1.54) is 24.1 Å². The molecule has 2 nitrogen and oxygen atoms in total. The maximum absolute atomic E-state index is 6.11. The van der Waals surface area contributed by atoms with Gasteiger partial charge in [-0.3, -0.25) is 0 Å². The van der Waals surface area contributed by atoms with E-state index in [4.69, 9.17) is 5.73 Å². The number of benzene rings is 1. The lowest BCUT2D eigenvalue weighted by Crippen LogP contribution is -2.33. The van der Waals surface area contributed by atoms with Crippen molar-refractivity contribution in [1.82, 2.24) is 0 Å². The van der Waals surface area contributed by atoms with Gasteiger partial charge in [-0.25, -0.2) is 0 Å². The Labute approximate surface area is 98.4 Å². The summed E-state index contributed by atoms with van der Waals surface area (Å²) in [5.41, 5.74) is 9.46. The molecule has 1 aromatic rings. The van der Waals surface area contributed by atoms with E-state index in [0.29, 0.717) is 6.04 Å². The van der Waals surface area contributed by atoms with Crippen LogP contribution in [0.15, 0.2) is 18.2 Å². The molecule has 2 rings (SSSR count). The highest BCUT2D eigenvalue weighted by atomic mass is 15.2. The molecule has 1 aliphatic rings. The molecule has 0 amide bonds. The molecule has 88 valence electrons. The Hall–Kier alpha value is -1.18. The van der Waals surface area contributed by atoms with Crippen molar-refractivity contribution in [2.45, 2.75) is 39.7 Å². The number of anilines is 2. The topological polar surface area (TPSA) is 29.3 Å². The van der Waals surface area contributed by atoms with E-state index in [0.717, 1.165) is 18.2 Å². The molecule has 0 spiro atoms. The number of nitrogens with two attached hydrogens (primary N) is 1. The Morgan fingerprint density at radius 3 is 2.56 bits per heavy atom. The Bertz CT molecular complexity index is 367. The highest BCUT2D eigenvalue weighted by Gasteiger charge is 2.26. The molecule has 0 aromatic heterocycles. The van der Waals surface area contributed by atoms with Crippen molar-refractivity contribution in [2.75, 3.05) is 17.2 Å². The summed E-state index contributed by atoms with van der Waals surface area (Å²) in [6.45, 7) is 7.72. The van der Waals surface area contributed by atoms with E-state index in [1.807, 2.05) is 0 Å². The van der Waals surface area contributed by atoms with Crippen molar-refractivity contribution in [3.63, 3.8) is 0 Å². The average Bonchev–Trinajstić information content (AvgIpc) is 2.98. The zero-order valence-electron chi connectivity index (χ0n) is 10.5. The van der Waals surface area contributed by atoms with Crippen molar-refractivity contribution in [3.8, 4) is 0 Å². The lowest BCUT2D eigenvalue weighted by atomic mass is 10.1. The van der Waals surface area contributed by atoms with Crippen molar-refractivity contribution >= 4 is 11.4 Å². The minimum Gasteiger partial charge on any atom is -0.397 e. The number of hydrogen-bond acceptors (Lipinski definition) is 2. The standard InChI is InChI=1S/C14H22N2/c1-10(2)16(9-12-5-6-12)14-7-4-11(3)8-13(14)15/h4,7-8,10,12H,5-6,9,15H2,1-3H3. The van der Waals surface area contributed by atoms with Crippen LogP contribution >= 0.6 is 0 Å². The van der Waals surface area contributed by atoms with E-state index in [-0.39, 0.29) is 0 Å². The van der Waals surface area contributed by atoms with Crippen LogP contribution in [0, 0.1) is 12.8 Å². The molecule has 1 aliphatic carbocycles. The number of nitrogen functional groups attached to an aromatic ring is 1. The van der Waals surface area contributed by atoms with E-state index in [2.05, 4.69) is 43.9 Å². The average molecular weight is 218 g/mol. The van der Waals surface area contributed by atoms with Crippen molar-refractivity contribution in [3.05, 3.63) is 23.8 Å². The Morgan fingerprint density at radius 1 is 1.38 bits per heavy atom. The van der Waals surface area contributed by atoms with Gasteiger partial charge in [0, 0.05) is 12.6 Å². The third-order valence-electron chi connectivity index (χ3n) is 3.27. The normalized spacial score (nSPS) is 15.5. The Morgan fingerprint density at radius 2 is 2.06 bits per heavy atom. The predicted molar refractivity (Wildman–Crippen MR) is 70.8 cm³/mol. The zero-order chi connectivity index (χ0) is 11.7. The van der Waals surface area contributed by atoms with Crippen molar-refractivity contribution in [1.29, 1.82) is 0 Å². The number of nitrogens with zero attached hydrogens (tertiary/aromatic N) is 1. The maximum atomic E-state index is 6.11. The van der Waals surface area contributed by atoms with Gasteiger partial charge in [-0.1, -0.05) is 6.07 Å². The molecule has 2 N–H and O–H groups in total. The smallest absolute Gasteiger partial charge is 0.0602 e. The molecule has 0 saturated heterocycles. The van der Waals surface area contributed by atoms with Gasteiger partial charge in [-0.15, -0.1) is 0 Å². The van der Waals surface area contributed by atoms with Crippen molar-refractivity contribution in [2.24, 2.45) is 5.92 Å². The molecule has 1 aromatic carbocycles. The fourth-order valence-electron chi connectivity index (χ4n) is 2.10. The first-order chi connectivity index (χ1) is 7.58. The van der Waals surface area contributed by atoms with E-state index in [1.54, 1.807) is 0 Å². The molecule has 0 heterocycles. The van der Waals surface area contributed by atoms with Crippen LogP contribution in [0.5, 0.6) is 0 Å².